The van der Waals surface area contributed by atoms with Crippen molar-refractivity contribution in [1.29, 1.82) is 0 Å². The van der Waals surface area contributed by atoms with E-state index in [-0.39, 0.29) is 5.41 Å². The molecule has 2 aromatic carbocycles. The van der Waals surface area contributed by atoms with E-state index >= 15 is 0 Å². The van der Waals surface area contributed by atoms with Gasteiger partial charge in [0.15, 0.2) is 0 Å². The van der Waals surface area contributed by atoms with Gasteiger partial charge in [-0.3, -0.25) is 0 Å². The lowest BCUT2D eigenvalue weighted by atomic mass is 9.78. The molecule has 0 amide bonds. The zero-order valence-corrected chi connectivity index (χ0v) is 14.5. The van der Waals surface area contributed by atoms with Gasteiger partial charge in [0, 0.05) is 21.6 Å². The molecule has 0 nitrogen and oxygen atoms in total. The molecule has 0 heterocycles. The molecule has 0 aliphatic heterocycles. The van der Waals surface area contributed by atoms with E-state index in [2.05, 4.69) is 53.2 Å². The zero-order valence-electron chi connectivity index (χ0n) is 11.4. The van der Waals surface area contributed by atoms with Gasteiger partial charge in [-0.2, -0.15) is 0 Å². The van der Waals surface area contributed by atoms with E-state index in [4.69, 9.17) is 23.2 Å². The van der Waals surface area contributed by atoms with Gasteiger partial charge in [0.05, 0.1) is 0 Å². The number of halogens is 3. The number of rotatable bonds is 5. The molecule has 0 spiro atoms. The topological polar surface area (TPSA) is 0 Å². The van der Waals surface area contributed by atoms with Crippen LogP contribution in [0.1, 0.15) is 16.7 Å². The van der Waals surface area contributed by atoms with Crippen LogP contribution in [0.15, 0.2) is 53.0 Å². The van der Waals surface area contributed by atoms with Crippen LogP contribution in [0.4, 0.5) is 0 Å². The van der Waals surface area contributed by atoms with Crippen molar-refractivity contribution in [3.05, 3.63) is 69.7 Å². The lowest BCUT2D eigenvalue weighted by Crippen LogP contribution is -2.34. The molecular weight excluding hydrogens is 355 g/mol. The Morgan fingerprint density at radius 3 is 2.15 bits per heavy atom. The van der Waals surface area contributed by atoms with E-state index in [0.717, 1.165) is 10.9 Å². The third kappa shape index (κ3) is 3.21. The van der Waals surface area contributed by atoms with Crippen molar-refractivity contribution in [2.75, 3.05) is 11.8 Å². The highest BCUT2D eigenvalue weighted by Gasteiger charge is 2.33. The van der Waals surface area contributed by atoms with Crippen LogP contribution in [0.2, 0.25) is 0 Å². The molecular formula is C17H17BrCl2. The summed E-state index contributed by atoms with van der Waals surface area (Å²) in [6.45, 7) is 2.13. The molecule has 3 heteroatoms. The van der Waals surface area contributed by atoms with E-state index in [0.29, 0.717) is 11.8 Å². The van der Waals surface area contributed by atoms with Crippen LogP contribution in [0.3, 0.4) is 0 Å². The SMILES string of the molecule is Cc1ccccc1CC(CCl)(CCl)c1ccccc1Br. The third-order valence-electron chi connectivity index (χ3n) is 3.75. The standard InChI is InChI=1S/C17H17BrCl2/c1-13-6-2-3-7-14(13)10-17(11-19,12-20)15-8-4-5-9-16(15)18/h2-9H,10-12H2,1H3. The summed E-state index contributed by atoms with van der Waals surface area (Å²) in [5.41, 5.74) is 3.49. The van der Waals surface area contributed by atoms with Gasteiger partial charge in [0.25, 0.3) is 0 Å². The van der Waals surface area contributed by atoms with Gasteiger partial charge >= 0.3 is 0 Å². The van der Waals surface area contributed by atoms with Crippen LogP contribution in [0, 0.1) is 6.92 Å². The summed E-state index contributed by atoms with van der Waals surface area (Å²) in [7, 11) is 0. The largest absolute Gasteiger partial charge is 0.126 e. The van der Waals surface area contributed by atoms with Gasteiger partial charge in [-0.15, -0.1) is 23.2 Å². The Bertz CT molecular complexity index is 577. The van der Waals surface area contributed by atoms with Crippen molar-refractivity contribution in [3.8, 4) is 0 Å². The average molecular weight is 372 g/mol. The molecule has 20 heavy (non-hydrogen) atoms. The Kier molecular flexibility index (Phi) is 5.54. The fraction of sp³-hybridized carbons (Fsp3) is 0.294. The fourth-order valence-corrected chi connectivity index (χ4v) is 3.90. The first kappa shape index (κ1) is 15.9. The van der Waals surface area contributed by atoms with E-state index in [9.17, 15) is 0 Å². The van der Waals surface area contributed by atoms with Crippen LogP contribution >= 0.6 is 39.1 Å². The Hall–Kier alpha value is -0.500. The molecule has 0 aromatic heterocycles. The van der Waals surface area contributed by atoms with Crippen LogP contribution in [0.25, 0.3) is 0 Å². The summed E-state index contributed by atoms with van der Waals surface area (Å²) in [5, 5.41) is 0. The third-order valence-corrected chi connectivity index (χ3v) is 5.46. The molecule has 0 bridgehead atoms. The molecule has 0 atom stereocenters. The van der Waals surface area contributed by atoms with Crippen molar-refractivity contribution < 1.29 is 0 Å². The Balaban J connectivity index is 2.46. The summed E-state index contributed by atoms with van der Waals surface area (Å²) in [4.78, 5) is 0. The van der Waals surface area contributed by atoms with E-state index in [1.165, 1.54) is 16.7 Å². The van der Waals surface area contributed by atoms with Crippen molar-refractivity contribution in [1.82, 2.24) is 0 Å². The van der Waals surface area contributed by atoms with Gasteiger partial charge in [-0.05, 0) is 36.1 Å². The fourth-order valence-electron chi connectivity index (χ4n) is 2.43. The molecule has 2 rings (SSSR count). The smallest absolute Gasteiger partial charge is 0.0335 e. The summed E-state index contributed by atoms with van der Waals surface area (Å²) < 4.78 is 1.06. The number of benzene rings is 2. The zero-order chi connectivity index (χ0) is 14.6. The first-order valence-electron chi connectivity index (χ1n) is 6.54. The van der Waals surface area contributed by atoms with E-state index in [1.807, 2.05) is 18.2 Å². The van der Waals surface area contributed by atoms with E-state index in [1.54, 1.807) is 0 Å². The molecule has 0 aliphatic rings. The van der Waals surface area contributed by atoms with Crippen LogP contribution < -0.4 is 0 Å². The minimum Gasteiger partial charge on any atom is -0.126 e. The van der Waals surface area contributed by atoms with Crippen molar-refractivity contribution >= 4 is 39.1 Å². The molecule has 0 radical (unpaired) electrons. The van der Waals surface area contributed by atoms with Crippen molar-refractivity contribution in [2.45, 2.75) is 18.8 Å². The van der Waals surface area contributed by atoms with Crippen molar-refractivity contribution in [2.24, 2.45) is 0 Å². The van der Waals surface area contributed by atoms with Crippen LogP contribution in [-0.2, 0) is 11.8 Å². The second-order valence-corrected chi connectivity index (χ2v) is 6.52. The second-order valence-electron chi connectivity index (χ2n) is 5.13. The highest BCUT2D eigenvalue weighted by atomic mass is 79.9. The number of alkyl halides is 2. The van der Waals surface area contributed by atoms with Gasteiger partial charge in [-0.1, -0.05) is 58.4 Å². The summed E-state index contributed by atoms with van der Waals surface area (Å²) in [6.07, 6.45) is 0.843. The predicted molar refractivity (Wildman–Crippen MR) is 92.1 cm³/mol. The molecule has 0 saturated heterocycles. The Morgan fingerprint density at radius 1 is 0.950 bits per heavy atom. The summed E-state index contributed by atoms with van der Waals surface area (Å²) >= 11 is 16.3. The second kappa shape index (κ2) is 6.98. The monoisotopic (exact) mass is 370 g/mol. The highest BCUT2D eigenvalue weighted by Crippen LogP contribution is 2.36. The molecule has 2 aromatic rings. The number of aryl methyl sites for hydroxylation is 1. The number of hydrogen-bond acceptors (Lipinski definition) is 0. The van der Waals surface area contributed by atoms with Gasteiger partial charge < -0.3 is 0 Å². The Morgan fingerprint density at radius 2 is 1.55 bits per heavy atom. The molecule has 0 unspecified atom stereocenters. The van der Waals surface area contributed by atoms with Crippen molar-refractivity contribution in [3.63, 3.8) is 0 Å². The molecule has 0 aliphatic carbocycles. The maximum atomic E-state index is 6.33. The quantitative estimate of drug-likeness (QED) is 0.590. The molecule has 0 saturated carbocycles. The van der Waals surface area contributed by atoms with E-state index < -0.39 is 0 Å². The average Bonchev–Trinajstić information content (AvgIpc) is 2.48. The van der Waals surface area contributed by atoms with Gasteiger partial charge in [0.1, 0.15) is 0 Å². The predicted octanol–water partition coefficient (Wildman–Crippen LogP) is 5.72. The minimum atomic E-state index is -0.255. The van der Waals surface area contributed by atoms with Gasteiger partial charge in [-0.25, -0.2) is 0 Å². The highest BCUT2D eigenvalue weighted by molar-refractivity contribution is 9.10. The lowest BCUT2D eigenvalue weighted by molar-refractivity contribution is 0.532. The van der Waals surface area contributed by atoms with Crippen LogP contribution in [-0.4, -0.2) is 11.8 Å². The Labute approximate surface area is 139 Å². The normalized spacial score (nSPS) is 11.6. The molecule has 106 valence electrons. The minimum absolute atomic E-state index is 0.255. The molecule has 0 fully saturated rings. The first-order chi connectivity index (χ1) is 9.63. The lowest BCUT2D eigenvalue weighted by Gasteiger charge is -2.32. The number of hydrogen-bond donors (Lipinski definition) is 0. The maximum Gasteiger partial charge on any atom is 0.0335 e. The summed E-state index contributed by atoms with van der Waals surface area (Å²) in [6, 6.07) is 16.6. The molecule has 0 N–H and O–H groups in total. The maximum absolute atomic E-state index is 6.33. The summed E-state index contributed by atoms with van der Waals surface area (Å²) in [5.74, 6) is 0.987. The van der Waals surface area contributed by atoms with Crippen LogP contribution in [0.5, 0.6) is 0 Å². The van der Waals surface area contributed by atoms with Gasteiger partial charge in [0.2, 0.25) is 0 Å². The first-order valence-corrected chi connectivity index (χ1v) is 8.40.